The highest BCUT2D eigenvalue weighted by Crippen LogP contribution is 2.32. The Balaban J connectivity index is 1.37. The summed E-state index contributed by atoms with van der Waals surface area (Å²) in [5.41, 5.74) is 4.76. The Morgan fingerprint density at radius 2 is 1.76 bits per heavy atom. The first-order valence-corrected chi connectivity index (χ1v) is 11.2. The van der Waals surface area contributed by atoms with Gasteiger partial charge in [-0.2, -0.15) is 0 Å². The third-order valence-corrected chi connectivity index (χ3v) is 6.26. The maximum absolute atomic E-state index is 12.4. The monoisotopic (exact) mass is 458 g/mol. The number of hydrogen-bond acceptors (Lipinski definition) is 6. The van der Waals surface area contributed by atoms with E-state index in [0.717, 1.165) is 33.4 Å². The SMILES string of the molecule is CC(=O)Nc1ccc2c([C@@H](C(=O)O)N3CCN(c4nc5ccccc5nc4C)CC3)c[nH]c2c1. The van der Waals surface area contributed by atoms with Crippen LogP contribution in [0.5, 0.6) is 0 Å². The Morgan fingerprint density at radius 1 is 1.06 bits per heavy atom. The van der Waals surface area contributed by atoms with Gasteiger partial charge in [0.2, 0.25) is 5.91 Å². The predicted molar refractivity (Wildman–Crippen MR) is 131 cm³/mol. The molecule has 2 aromatic heterocycles. The van der Waals surface area contributed by atoms with E-state index in [2.05, 4.69) is 15.2 Å². The van der Waals surface area contributed by atoms with Crippen molar-refractivity contribution >= 4 is 45.3 Å². The van der Waals surface area contributed by atoms with Crippen LogP contribution in [0.4, 0.5) is 11.5 Å². The lowest BCUT2D eigenvalue weighted by molar-refractivity contribution is -0.143. The van der Waals surface area contributed by atoms with Crippen LogP contribution < -0.4 is 10.2 Å². The second kappa shape index (κ2) is 8.75. The van der Waals surface area contributed by atoms with Crippen molar-refractivity contribution in [3.8, 4) is 0 Å². The number of H-pyrrole nitrogens is 1. The summed E-state index contributed by atoms with van der Waals surface area (Å²) in [5, 5.41) is 13.7. The fourth-order valence-corrected chi connectivity index (χ4v) is 4.71. The number of carbonyl (C=O) groups excluding carboxylic acids is 1. The summed E-state index contributed by atoms with van der Waals surface area (Å²) in [7, 11) is 0. The topological polar surface area (TPSA) is 114 Å². The maximum atomic E-state index is 12.4. The molecule has 3 N–H and O–H groups in total. The molecule has 9 nitrogen and oxygen atoms in total. The van der Waals surface area contributed by atoms with Crippen LogP contribution in [0.25, 0.3) is 21.9 Å². The predicted octanol–water partition coefficient (Wildman–Crippen LogP) is 3.33. The molecule has 1 atom stereocenters. The van der Waals surface area contributed by atoms with E-state index >= 15 is 0 Å². The molecule has 2 aromatic carbocycles. The van der Waals surface area contributed by atoms with Gasteiger partial charge in [0.15, 0.2) is 5.82 Å². The van der Waals surface area contributed by atoms with Gasteiger partial charge in [-0.15, -0.1) is 0 Å². The zero-order chi connectivity index (χ0) is 23.8. The van der Waals surface area contributed by atoms with Gasteiger partial charge in [-0.25, -0.2) is 9.97 Å². The molecular formula is C25H26N6O3. The number of benzene rings is 2. The van der Waals surface area contributed by atoms with Gasteiger partial charge < -0.3 is 20.3 Å². The van der Waals surface area contributed by atoms with E-state index in [1.165, 1.54) is 6.92 Å². The molecule has 0 aliphatic carbocycles. The minimum absolute atomic E-state index is 0.154. The molecular weight excluding hydrogens is 432 g/mol. The highest BCUT2D eigenvalue weighted by molar-refractivity contribution is 5.94. The summed E-state index contributed by atoms with van der Waals surface area (Å²) in [6.07, 6.45) is 1.76. The molecule has 0 saturated carbocycles. The number of aliphatic carboxylic acids is 1. The minimum Gasteiger partial charge on any atom is -0.480 e. The third-order valence-electron chi connectivity index (χ3n) is 6.26. The van der Waals surface area contributed by atoms with E-state index < -0.39 is 12.0 Å². The number of carboxylic acid groups (broad SMARTS) is 1. The molecule has 1 fully saturated rings. The van der Waals surface area contributed by atoms with Gasteiger partial charge >= 0.3 is 5.97 Å². The number of carboxylic acids is 1. The molecule has 1 amide bonds. The largest absolute Gasteiger partial charge is 0.480 e. The van der Waals surface area contributed by atoms with E-state index in [9.17, 15) is 14.7 Å². The summed E-state index contributed by atoms with van der Waals surface area (Å²) in [6, 6.07) is 12.5. The van der Waals surface area contributed by atoms with Gasteiger partial charge in [0.05, 0.1) is 16.7 Å². The first-order valence-electron chi connectivity index (χ1n) is 11.2. The van der Waals surface area contributed by atoms with Crippen molar-refractivity contribution in [2.24, 2.45) is 0 Å². The van der Waals surface area contributed by atoms with Crippen molar-refractivity contribution in [2.75, 3.05) is 36.4 Å². The molecule has 1 aliphatic heterocycles. The van der Waals surface area contributed by atoms with Crippen LogP contribution in [0, 0.1) is 6.92 Å². The molecule has 1 saturated heterocycles. The van der Waals surface area contributed by atoms with E-state index in [4.69, 9.17) is 9.97 Å². The molecule has 0 spiro atoms. The number of rotatable bonds is 5. The molecule has 34 heavy (non-hydrogen) atoms. The molecule has 4 aromatic rings. The fourth-order valence-electron chi connectivity index (χ4n) is 4.71. The smallest absolute Gasteiger partial charge is 0.325 e. The van der Waals surface area contributed by atoms with Crippen LogP contribution in [0.2, 0.25) is 0 Å². The third kappa shape index (κ3) is 4.06. The highest BCUT2D eigenvalue weighted by atomic mass is 16.4. The average Bonchev–Trinajstić information content (AvgIpc) is 3.21. The lowest BCUT2D eigenvalue weighted by Gasteiger charge is -2.38. The summed E-state index contributed by atoms with van der Waals surface area (Å²) in [4.78, 5) is 40.6. The van der Waals surface area contributed by atoms with Crippen LogP contribution in [-0.4, -0.2) is 63.0 Å². The number of para-hydroxylation sites is 2. The number of amides is 1. The number of nitrogens with zero attached hydrogens (tertiary/aromatic N) is 4. The summed E-state index contributed by atoms with van der Waals surface area (Å²) in [6.45, 7) is 5.90. The Bertz CT molecular complexity index is 1390. The van der Waals surface area contributed by atoms with E-state index in [0.29, 0.717) is 37.4 Å². The van der Waals surface area contributed by atoms with E-state index in [1.807, 2.05) is 48.2 Å². The summed E-state index contributed by atoms with van der Waals surface area (Å²) in [5.74, 6) is -0.191. The zero-order valence-corrected chi connectivity index (χ0v) is 19.1. The minimum atomic E-state index is -0.887. The Kier molecular flexibility index (Phi) is 5.62. The van der Waals surface area contributed by atoms with Gasteiger partial charge in [0.1, 0.15) is 6.04 Å². The van der Waals surface area contributed by atoms with Crippen LogP contribution in [0.15, 0.2) is 48.7 Å². The van der Waals surface area contributed by atoms with Crippen molar-refractivity contribution < 1.29 is 14.7 Å². The molecule has 174 valence electrons. The van der Waals surface area contributed by atoms with Crippen LogP contribution in [-0.2, 0) is 9.59 Å². The number of carbonyl (C=O) groups is 2. The number of fused-ring (bicyclic) bond motifs is 2. The average molecular weight is 459 g/mol. The summed E-state index contributed by atoms with van der Waals surface area (Å²) < 4.78 is 0. The van der Waals surface area contributed by atoms with Crippen LogP contribution in [0.1, 0.15) is 24.2 Å². The van der Waals surface area contributed by atoms with E-state index in [-0.39, 0.29) is 5.91 Å². The number of nitrogens with one attached hydrogen (secondary N) is 2. The highest BCUT2D eigenvalue weighted by Gasteiger charge is 2.32. The number of aryl methyl sites for hydroxylation is 1. The molecule has 3 heterocycles. The zero-order valence-electron chi connectivity index (χ0n) is 19.1. The molecule has 1 aliphatic rings. The lowest BCUT2D eigenvalue weighted by atomic mass is 10.0. The Labute approximate surface area is 196 Å². The molecule has 0 unspecified atom stereocenters. The van der Waals surface area contributed by atoms with Gasteiger partial charge in [-0.05, 0) is 31.2 Å². The fraction of sp³-hybridized carbons (Fsp3) is 0.280. The maximum Gasteiger partial charge on any atom is 0.325 e. The number of anilines is 2. The van der Waals surface area contributed by atoms with Crippen LogP contribution in [0.3, 0.4) is 0 Å². The van der Waals surface area contributed by atoms with Gasteiger partial charge in [-0.3, -0.25) is 14.5 Å². The first-order chi connectivity index (χ1) is 16.4. The van der Waals surface area contributed by atoms with Crippen molar-refractivity contribution in [3.05, 3.63) is 59.9 Å². The molecule has 5 rings (SSSR count). The molecule has 0 radical (unpaired) electrons. The van der Waals surface area contributed by atoms with Crippen molar-refractivity contribution in [3.63, 3.8) is 0 Å². The van der Waals surface area contributed by atoms with E-state index in [1.54, 1.807) is 12.3 Å². The van der Waals surface area contributed by atoms with Gasteiger partial charge in [0, 0.05) is 61.5 Å². The van der Waals surface area contributed by atoms with Crippen molar-refractivity contribution in [2.45, 2.75) is 19.9 Å². The molecule has 0 bridgehead atoms. The van der Waals surface area contributed by atoms with Gasteiger partial charge in [-0.1, -0.05) is 18.2 Å². The Morgan fingerprint density at radius 3 is 2.44 bits per heavy atom. The number of aromatic amines is 1. The number of aromatic nitrogens is 3. The summed E-state index contributed by atoms with van der Waals surface area (Å²) >= 11 is 0. The Hall–Kier alpha value is -3.98. The number of piperazine rings is 1. The lowest BCUT2D eigenvalue weighted by Crippen LogP contribution is -2.49. The quantitative estimate of drug-likeness (QED) is 0.420. The van der Waals surface area contributed by atoms with Gasteiger partial charge in [0.25, 0.3) is 0 Å². The van der Waals surface area contributed by atoms with Crippen LogP contribution >= 0.6 is 0 Å². The standard InChI is InChI=1S/C25H26N6O3/c1-15-24(29-21-6-4-3-5-20(21)27-15)31-11-9-30(10-12-31)23(25(33)34)19-14-26-22-13-17(28-16(2)32)7-8-18(19)22/h3-8,13-14,23,26H,9-12H2,1-2H3,(H,28,32)(H,33,34)/t23-/m0/s1. The van der Waals surface area contributed by atoms with Crippen molar-refractivity contribution in [1.29, 1.82) is 0 Å². The normalized spacial score (nSPS) is 15.5. The molecule has 9 heteroatoms. The first kappa shape index (κ1) is 21.8. The number of hydrogen-bond donors (Lipinski definition) is 3. The second-order valence-electron chi connectivity index (χ2n) is 8.57. The second-order valence-corrected chi connectivity index (χ2v) is 8.57. The van der Waals surface area contributed by atoms with Crippen molar-refractivity contribution in [1.82, 2.24) is 19.9 Å².